The van der Waals surface area contributed by atoms with E-state index in [1.165, 1.54) is 0 Å². The SMILES string of the molecule is CC.OC(C(F)(F)F)(C(F)(F)F)C1(F)CC2CCC1C2. The summed E-state index contributed by atoms with van der Waals surface area (Å²) < 4.78 is 90.0. The lowest BCUT2D eigenvalue weighted by atomic mass is 9.72. The third-order valence-corrected chi connectivity index (χ3v) is 4.20. The van der Waals surface area contributed by atoms with Crippen LogP contribution in [0.3, 0.4) is 0 Å². The quantitative estimate of drug-likeness (QED) is 0.712. The lowest BCUT2D eigenvalue weighted by Crippen LogP contribution is -2.70. The number of hydrogen-bond donors (Lipinski definition) is 1. The van der Waals surface area contributed by atoms with Gasteiger partial charge in [0.05, 0.1) is 0 Å². The maximum Gasteiger partial charge on any atom is 0.429 e. The molecule has 2 fully saturated rings. The molecule has 0 radical (unpaired) electrons. The topological polar surface area (TPSA) is 20.2 Å². The van der Waals surface area contributed by atoms with E-state index in [1.54, 1.807) is 0 Å². The zero-order chi connectivity index (χ0) is 16.0. The molecule has 0 spiro atoms. The van der Waals surface area contributed by atoms with E-state index >= 15 is 0 Å². The summed E-state index contributed by atoms with van der Waals surface area (Å²) in [5, 5.41) is 9.14. The molecule has 2 bridgehead atoms. The predicted octanol–water partition coefficient (Wildman–Crippen LogP) is 4.40. The molecule has 0 aromatic carbocycles. The van der Waals surface area contributed by atoms with Crippen LogP contribution in [0, 0.1) is 11.8 Å². The lowest BCUT2D eigenvalue weighted by molar-refractivity contribution is -0.408. The van der Waals surface area contributed by atoms with Crippen LogP contribution in [-0.2, 0) is 0 Å². The molecule has 120 valence electrons. The number of alkyl halides is 7. The number of rotatable bonds is 1. The van der Waals surface area contributed by atoms with Gasteiger partial charge in [-0.3, -0.25) is 0 Å². The van der Waals surface area contributed by atoms with Crippen molar-refractivity contribution in [1.29, 1.82) is 0 Å². The summed E-state index contributed by atoms with van der Waals surface area (Å²) in [6.07, 6.45) is -12.7. The van der Waals surface area contributed by atoms with E-state index < -0.39 is 41.9 Å². The molecular weight excluding hydrogens is 293 g/mol. The molecule has 3 atom stereocenters. The Bertz CT molecular complexity index is 335. The van der Waals surface area contributed by atoms with Crippen LogP contribution in [-0.4, -0.2) is 28.7 Å². The van der Waals surface area contributed by atoms with Gasteiger partial charge in [0, 0.05) is 0 Å². The third-order valence-electron chi connectivity index (χ3n) is 4.20. The van der Waals surface area contributed by atoms with E-state index in [4.69, 9.17) is 5.11 Å². The highest BCUT2D eigenvalue weighted by Crippen LogP contribution is 2.63. The van der Waals surface area contributed by atoms with Crippen LogP contribution in [0.4, 0.5) is 30.7 Å². The van der Waals surface area contributed by atoms with Crippen molar-refractivity contribution in [3.05, 3.63) is 0 Å². The van der Waals surface area contributed by atoms with E-state index in [-0.39, 0.29) is 12.8 Å². The monoisotopic (exact) mass is 310 g/mol. The average molecular weight is 310 g/mol. The van der Waals surface area contributed by atoms with Gasteiger partial charge in [0.15, 0.2) is 5.67 Å². The van der Waals surface area contributed by atoms with Gasteiger partial charge in [0.2, 0.25) is 0 Å². The number of halogens is 7. The minimum atomic E-state index is -6.08. The first-order chi connectivity index (χ1) is 8.93. The van der Waals surface area contributed by atoms with Crippen LogP contribution < -0.4 is 0 Å². The normalized spacial score (nSPS) is 33.9. The van der Waals surface area contributed by atoms with Gasteiger partial charge in [0.1, 0.15) is 0 Å². The molecule has 0 saturated heterocycles. The van der Waals surface area contributed by atoms with Crippen molar-refractivity contribution in [2.45, 2.75) is 63.2 Å². The van der Waals surface area contributed by atoms with Crippen molar-refractivity contribution in [3.63, 3.8) is 0 Å². The first kappa shape index (κ1) is 17.5. The summed E-state index contributed by atoms with van der Waals surface area (Å²) in [4.78, 5) is 0. The standard InChI is InChI=1S/C10H11F7O.C2H6/c11-7(4-5-1-2-6(7)3-5)8(18,9(12,13)14)10(15,16)17;1-2/h5-6,18H,1-4H2;1-2H3. The van der Waals surface area contributed by atoms with Crippen LogP contribution in [0.2, 0.25) is 0 Å². The van der Waals surface area contributed by atoms with Crippen LogP contribution >= 0.6 is 0 Å². The Labute approximate surface area is 112 Å². The average Bonchev–Trinajstić information content (AvgIpc) is 2.87. The zero-order valence-corrected chi connectivity index (χ0v) is 11.1. The number of aliphatic hydroxyl groups is 1. The van der Waals surface area contributed by atoms with E-state index in [9.17, 15) is 30.7 Å². The van der Waals surface area contributed by atoms with Crippen molar-refractivity contribution >= 4 is 0 Å². The first-order valence-corrected chi connectivity index (χ1v) is 6.48. The largest absolute Gasteiger partial charge is 0.429 e. The Morgan fingerprint density at radius 1 is 0.950 bits per heavy atom. The Hall–Kier alpha value is -0.530. The fourth-order valence-corrected chi connectivity index (χ4v) is 3.34. The van der Waals surface area contributed by atoms with Gasteiger partial charge < -0.3 is 5.11 Å². The molecule has 0 aromatic heterocycles. The minimum Gasteiger partial charge on any atom is -0.371 e. The smallest absolute Gasteiger partial charge is 0.371 e. The Morgan fingerprint density at radius 2 is 1.40 bits per heavy atom. The second kappa shape index (κ2) is 5.03. The molecule has 1 nitrogen and oxygen atoms in total. The molecule has 3 unspecified atom stereocenters. The highest BCUT2D eigenvalue weighted by atomic mass is 19.4. The molecular formula is C12H17F7O. The second-order valence-corrected chi connectivity index (χ2v) is 5.15. The fourth-order valence-electron chi connectivity index (χ4n) is 3.34. The van der Waals surface area contributed by atoms with Crippen molar-refractivity contribution < 1.29 is 35.8 Å². The number of hydrogen-bond acceptors (Lipinski definition) is 1. The van der Waals surface area contributed by atoms with Gasteiger partial charge in [0.25, 0.3) is 5.60 Å². The predicted molar refractivity (Wildman–Crippen MR) is 57.7 cm³/mol. The summed E-state index contributed by atoms with van der Waals surface area (Å²) in [6, 6.07) is 0. The van der Waals surface area contributed by atoms with Gasteiger partial charge in [-0.15, -0.1) is 0 Å². The van der Waals surface area contributed by atoms with Gasteiger partial charge in [-0.05, 0) is 37.5 Å². The second-order valence-electron chi connectivity index (χ2n) is 5.15. The maximum absolute atomic E-state index is 14.4. The molecule has 0 heterocycles. The molecule has 8 heteroatoms. The fraction of sp³-hybridized carbons (Fsp3) is 1.00. The van der Waals surface area contributed by atoms with Gasteiger partial charge in [-0.1, -0.05) is 13.8 Å². The summed E-state index contributed by atoms with van der Waals surface area (Å²) in [5.74, 6) is -1.88. The van der Waals surface area contributed by atoms with Crippen LogP contribution in [0.1, 0.15) is 39.5 Å². The zero-order valence-electron chi connectivity index (χ0n) is 11.1. The van der Waals surface area contributed by atoms with Crippen molar-refractivity contribution in [3.8, 4) is 0 Å². The maximum atomic E-state index is 14.4. The number of fused-ring (bicyclic) bond motifs is 2. The third kappa shape index (κ3) is 2.19. The van der Waals surface area contributed by atoms with E-state index in [0.717, 1.165) is 0 Å². The van der Waals surface area contributed by atoms with Gasteiger partial charge >= 0.3 is 12.4 Å². The van der Waals surface area contributed by atoms with Crippen molar-refractivity contribution in [1.82, 2.24) is 0 Å². The molecule has 2 aliphatic rings. The molecule has 2 saturated carbocycles. The van der Waals surface area contributed by atoms with Gasteiger partial charge in [-0.2, -0.15) is 26.3 Å². The Kier molecular flexibility index (Phi) is 4.41. The summed E-state index contributed by atoms with van der Waals surface area (Å²) in [5.41, 5.74) is -8.93. The summed E-state index contributed by atoms with van der Waals surface area (Å²) in [7, 11) is 0. The molecule has 0 aliphatic heterocycles. The lowest BCUT2D eigenvalue weighted by Gasteiger charge is -2.45. The minimum absolute atomic E-state index is 0.0228. The van der Waals surface area contributed by atoms with Crippen LogP contribution in [0.5, 0.6) is 0 Å². The van der Waals surface area contributed by atoms with Crippen LogP contribution in [0.15, 0.2) is 0 Å². The molecule has 0 amide bonds. The molecule has 1 N–H and O–H groups in total. The van der Waals surface area contributed by atoms with E-state index in [1.807, 2.05) is 13.8 Å². The molecule has 0 aromatic rings. The summed E-state index contributed by atoms with van der Waals surface area (Å²) in [6.45, 7) is 4.00. The Morgan fingerprint density at radius 3 is 1.65 bits per heavy atom. The van der Waals surface area contributed by atoms with Crippen molar-refractivity contribution in [2.24, 2.45) is 11.8 Å². The van der Waals surface area contributed by atoms with E-state index in [2.05, 4.69) is 0 Å². The summed E-state index contributed by atoms with van der Waals surface area (Å²) >= 11 is 0. The first-order valence-electron chi connectivity index (χ1n) is 6.48. The van der Waals surface area contributed by atoms with Crippen molar-refractivity contribution in [2.75, 3.05) is 0 Å². The Balaban J connectivity index is 0.000000956. The molecule has 20 heavy (non-hydrogen) atoms. The molecule has 2 rings (SSSR count). The van der Waals surface area contributed by atoms with Gasteiger partial charge in [-0.25, -0.2) is 4.39 Å². The highest BCUT2D eigenvalue weighted by molar-refractivity contribution is 5.17. The van der Waals surface area contributed by atoms with Crippen LogP contribution in [0.25, 0.3) is 0 Å². The van der Waals surface area contributed by atoms with E-state index in [0.29, 0.717) is 6.42 Å². The highest BCUT2D eigenvalue weighted by Gasteiger charge is 2.83. The molecule has 2 aliphatic carbocycles.